The van der Waals surface area contributed by atoms with Gasteiger partial charge in [0.05, 0.1) is 4.47 Å². The number of nitrogens with one attached hydrogen (secondary N) is 1. The normalized spacial score (nSPS) is 10.3. The molecule has 1 N–H and O–H groups in total. The van der Waals surface area contributed by atoms with Gasteiger partial charge in [-0.05, 0) is 41.1 Å². The summed E-state index contributed by atoms with van der Waals surface area (Å²) in [5, 5.41) is 3.01. The molecule has 0 aliphatic heterocycles. The standard InChI is InChI=1S/C10H7BrFN3OS/c1-5-13-10(17-15-5)14-9(16)6-2-3-8(12)7(11)4-6/h2-4H,1H3,(H,13,14,15,16). The highest BCUT2D eigenvalue weighted by Gasteiger charge is 2.10. The molecule has 0 spiro atoms. The summed E-state index contributed by atoms with van der Waals surface area (Å²) in [6.45, 7) is 1.74. The maximum Gasteiger partial charge on any atom is 0.257 e. The summed E-state index contributed by atoms with van der Waals surface area (Å²) in [6, 6.07) is 4.05. The molecule has 1 aromatic heterocycles. The number of benzene rings is 1. The molecular weight excluding hydrogens is 309 g/mol. The smallest absolute Gasteiger partial charge is 0.257 e. The fourth-order valence-electron chi connectivity index (χ4n) is 1.15. The van der Waals surface area contributed by atoms with Crippen molar-refractivity contribution < 1.29 is 9.18 Å². The molecule has 17 heavy (non-hydrogen) atoms. The van der Waals surface area contributed by atoms with Crippen LogP contribution >= 0.6 is 27.5 Å². The average molecular weight is 316 g/mol. The van der Waals surface area contributed by atoms with Gasteiger partial charge in [0.2, 0.25) is 5.13 Å². The molecule has 0 atom stereocenters. The third kappa shape index (κ3) is 2.86. The number of amides is 1. The van der Waals surface area contributed by atoms with Crippen LogP contribution in [0.4, 0.5) is 9.52 Å². The van der Waals surface area contributed by atoms with E-state index in [4.69, 9.17) is 0 Å². The Balaban J connectivity index is 2.17. The maximum absolute atomic E-state index is 13.0. The minimum atomic E-state index is -0.409. The molecule has 0 radical (unpaired) electrons. The molecule has 0 unspecified atom stereocenters. The third-order valence-corrected chi connectivity index (χ3v) is 3.26. The van der Waals surface area contributed by atoms with E-state index in [9.17, 15) is 9.18 Å². The Bertz CT molecular complexity index is 572. The van der Waals surface area contributed by atoms with E-state index >= 15 is 0 Å². The van der Waals surface area contributed by atoms with Crippen molar-refractivity contribution in [3.05, 3.63) is 39.9 Å². The number of carbonyl (C=O) groups is 1. The molecule has 1 aromatic carbocycles. The largest absolute Gasteiger partial charge is 0.297 e. The molecule has 1 amide bonds. The molecule has 4 nitrogen and oxygen atoms in total. The number of aromatic nitrogens is 2. The van der Waals surface area contributed by atoms with Crippen LogP contribution in [-0.2, 0) is 0 Å². The maximum atomic E-state index is 13.0. The summed E-state index contributed by atoms with van der Waals surface area (Å²) in [6.07, 6.45) is 0. The van der Waals surface area contributed by atoms with E-state index in [1.54, 1.807) is 6.92 Å². The lowest BCUT2D eigenvalue weighted by Crippen LogP contribution is -2.11. The number of hydrogen-bond donors (Lipinski definition) is 1. The summed E-state index contributed by atoms with van der Waals surface area (Å²) in [7, 11) is 0. The van der Waals surface area contributed by atoms with Gasteiger partial charge in [-0.15, -0.1) is 0 Å². The monoisotopic (exact) mass is 315 g/mol. The Labute approximate surface area is 109 Å². The van der Waals surface area contributed by atoms with Crippen molar-refractivity contribution in [2.75, 3.05) is 5.32 Å². The molecule has 2 aromatic rings. The van der Waals surface area contributed by atoms with Gasteiger partial charge in [-0.2, -0.15) is 4.37 Å². The van der Waals surface area contributed by atoms with Crippen molar-refractivity contribution in [1.29, 1.82) is 0 Å². The Morgan fingerprint density at radius 2 is 2.29 bits per heavy atom. The van der Waals surface area contributed by atoms with Crippen LogP contribution in [0.1, 0.15) is 16.2 Å². The van der Waals surface area contributed by atoms with Crippen LogP contribution in [0.25, 0.3) is 0 Å². The summed E-state index contributed by atoms with van der Waals surface area (Å²) in [5.74, 6) is -0.152. The first-order valence-electron chi connectivity index (χ1n) is 4.63. The zero-order chi connectivity index (χ0) is 12.4. The fraction of sp³-hybridized carbons (Fsp3) is 0.100. The number of anilines is 1. The molecule has 0 aliphatic carbocycles. The number of aryl methyl sites for hydroxylation is 1. The van der Waals surface area contributed by atoms with Gasteiger partial charge in [0.25, 0.3) is 5.91 Å². The minimum Gasteiger partial charge on any atom is -0.297 e. The van der Waals surface area contributed by atoms with E-state index in [1.165, 1.54) is 18.2 Å². The van der Waals surface area contributed by atoms with Gasteiger partial charge in [0.15, 0.2) is 0 Å². The van der Waals surface area contributed by atoms with Crippen molar-refractivity contribution in [2.45, 2.75) is 6.92 Å². The van der Waals surface area contributed by atoms with Gasteiger partial charge in [-0.25, -0.2) is 9.37 Å². The lowest BCUT2D eigenvalue weighted by Gasteiger charge is -2.02. The van der Waals surface area contributed by atoms with Gasteiger partial charge < -0.3 is 0 Å². The number of nitrogens with zero attached hydrogens (tertiary/aromatic N) is 2. The second kappa shape index (κ2) is 4.89. The first-order valence-corrected chi connectivity index (χ1v) is 6.19. The highest BCUT2D eigenvalue weighted by atomic mass is 79.9. The van der Waals surface area contributed by atoms with E-state index < -0.39 is 5.82 Å². The van der Waals surface area contributed by atoms with E-state index in [1.807, 2.05) is 0 Å². The lowest BCUT2D eigenvalue weighted by molar-refractivity contribution is 0.102. The van der Waals surface area contributed by atoms with Gasteiger partial charge in [-0.1, -0.05) is 0 Å². The summed E-state index contributed by atoms with van der Waals surface area (Å²) >= 11 is 4.12. The molecule has 2 rings (SSSR count). The van der Waals surface area contributed by atoms with Crippen LogP contribution in [-0.4, -0.2) is 15.3 Å². The molecule has 0 aliphatic rings. The Morgan fingerprint density at radius 1 is 1.53 bits per heavy atom. The molecule has 7 heteroatoms. The first kappa shape index (κ1) is 12.1. The number of halogens is 2. The van der Waals surface area contributed by atoms with Crippen molar-refractivity contribution in [3.63, 3.8) is 0 Å². The third-order valence-electron chi connectivity index (χ3n) is 1.93. The molecule has 0 bridgehead atoms. The van der Waals surface area contributed by atoms with Gasteiger partial charge in [-0.3, -0.25) is 10.1 Å². The lowest BCUT2D eigenvalue weighted by atomic mass is 10.2. The van der Waals surface area contributed by atoms with Crippen molar-refractivity contribution in [2.24, 2.45) is 0 Å². The van der Waals surface area contributed by atoms with E-state index in [-0.39, 0.29) is 10.4 Å². The van der Waals surface area contributed by atoms with Crippen molar-refractivity contribution >= 4 is 38.5 Å². The van der Waals surface area contributed by atoms with Gasteiger partial charge >= 0.3 is 0 Å². The summed E-state index contributed by atoms with van der Waals surface area (Å²) in [5.41, 5.74) is 0.353. The topological polar surface area (TPSA) is 54.9 Å². The van der Waals surface area contributed by atoms with Crippen LogP contribution in [0, 0.1) is 12.7 Å². The first-order chi connectivity index (χ1) is 8.06. The van der Waals surface area contributed by atoms with Gasteiger partial charge in [0.1, 0.15) is 11.6 Å². The quantitative estimate of drug-likeness (QED) is 0.926. The highest BCUT2D eigenvalue weighted by Crippen LogP contribution is 2.18. The fourth-order valence-corrected chi connectivity index (χ4v) is 2.10. The predicted octanol–water partition coefficient (Wildman–Crippen LogP) is 3.00. The van der Waals surface area contributed by atoms with Crippen LogP contribution in [0.2, 0.25) is 0 Å². The molecule has 1 heterocycles. The Hall–Kier alpha value is -1.34. The zero-order valence-electron chi connectivity index (χ0n) is 8.70. The summed E-state index contributed by atoms with van der Waals surface area (Å²) < 4.78 is 17.2. The van der Waals surface area contributed by atoms with Gasteiger partial charge in [0, 0.05) is 17.1 Å². The van der Waals surface area contributed by atoms with Crippen LogP contribution < -0.4 is 5.32 Å². The van der Waals surface area contributed by atoms with Crippen LogP contribution in [0.3, 0.4) is 0 Å². The SMILES string of the molecule is Cc1nsc(NC(=O)c2ccc(F)c(Br)c2)n1. The van der Waals surface area contributed by atoms with E-state index in [0.717, 1.165) is 11.5 Å². The van der Waals surface area contributed by atoms with Crippen LogP contribution in [0.15, 0.2) is 22.7 Å². The number of carbonyl (C=O) groups excluding carboxylic acids is 1. The molecule has 0 saturated heterocycles. The Morgan fingerprint density at radius 3 is 2.88 bits per heavy atom. The molecule has 0 fully saturated rings. The predicted molar refractivity (Wildman–Crippen MR) is 66.7 cm³/mol. The van der Waals surface area contributed by atoms with Crippen LogP contribution in [0.5, 0.6) is 0 Å². The second-order valence-corrected chi connectivity index (χ2v) is 4.84. The van der Waals surface area contributed by atoms with E-state index in [0.29, 0.717) is 16.5 Å². The summed E-state index contributed by atoms with van der Waals surface area (Å²) in [4.78, 5) is 15.8. The Kier molecular flexibility index (Phi) is 3.49. The van der Waals surface area contributed by atoms with Crippen molar-refractivity contribution in [3.8, 4) is 0 Å². The molecule has 0 saturated carbocycles. The molecular formula is C10H7BrFN3OS. The number of hydrogen-bond acceptors (Lipinski definition) is 4. The highest BCUT2D eigenvalue weighted by molar-refractivity contribution is 9.10. The molecule has 88 valence electrons. The zero-order valence-corrected chi connectivity index (χ0v) is 11.1. The second-order valence-electron chi connectivity index (χ2n) is 3.23. The minimum absolute atomic E-state index is 0.249. The van der Waals surface area contributed by atoms with Crippen molar-refractivity contribution in [1.82, 2.24) is 9.36 Å². The average Bonchev–Trinajstić information content (AvgIpc) is 2.68. The number of rotatable bonds is 2. The van der Waals surface area contributed by atoms with E-state index in [2.05, 4.69) is 30.6 Å².